The Morgan fingerprint density at radius 2 is 2.19 bits per heavy atom. The second-order valence-corrected chi connectivity index (χ2v) is 7.17. The number of aryl methyl sites for hydroxylation is 1. The molecule has 2 aliphatic heterocycles. The van der Waals surface area contributed by atoms with Gasteiger partial charge in [-0.2, -0.15) is 0 Å². The zero-order chi connectivity index (χ0) is 14.7. The Morgan fingerprint density at radius 3 is 2.95 bits per heavy atom. The standard InChI is InChI=1S/C19H30N2/c1-3-11-19(12-6-13-20-14-19)15-21-16(2)9-10-17-7-4-5-8-18(17)21/h4-5,7-8,16,20H,3,6,9-15H2,1-2H3. The molecule has 2 heteroatoms. The SMILES string of the molecule is CCCC1(CN2c3ccccc3CCC2C)CCCNC1. The number of nitrogens with one attached hydrogen (secondary N) is 1. The highest BCUT2D eigenvalue weighted by molar-refractivity contribution is 5.56. The minimum absolute atomic E-state index is 0.478. The third-order valence-electron chi connectivity index (χ3n) is 5.51. The van der Waals surface area contributed by atoms with Gasteiger partial charge in [0, 0.05) is 30.2 Å². The summed E-state index contributed by atoms with van der Waals surface area (Å²) < 4.78 is 0. The Hall–Kier alpha value is -1.02. The molecule has 2 heterocycles. The van der Waals surface area contributed by atoms with E-state index in [0.717, 1.165) is 0 Å². The normalized spacial score (nSPS) is 29.2. The van der Waals surface area contributed by atoms with Crippen LogP contribution in [-0.4, -0.2) is 25.7 Å². The van der Waals surface area contributed by atoms with Gasteiger partial charge in [0.2, 0.25) is 0 Å². The minimum Gasteiger partial charge on any atom is -0.368 e. The van der Waals surface area contributed by atoms with E-state index >= 15 is 0 Å². The molecular formula is C19H30N2. The minimum atomic E-state index is 0.478. The van der Waals surface area contributed by atoms with Crippen molar-refractivity contribution in [2.45, 2.75) is 58.4 Å². The molecule has 0 amide bonds. The molecule has 0 bridgehead atoms. The van der Waals surface area contributed by atoms with Crippen LogP contribution in [0, 0.1) is 5.41 Å². The number of benzene rings is 1. The first-order valence-corrected chi connectivity index (χ1v) is 8.79. The van der Waals surface area contributed by atoms with Gasteiger partial charge in [-0.05, 0) is 57.2 Å². The summed E-state index contributed by atoms with van der Waals surface area (Å²) in [6, 6.07) is 9.73. The van der Waals surface area contributed by atoms with E-state index in [0.29, 0.717) is 11.5 Å². The van der Waals surface area contributed by atoms with E-state index in [1.165, 1.54) is 63.8 Å². The number of para-hydroxylation sites is 1. The number of anilines is 1. The second kappa shape index (κ2) is 6.39. The molecule has 0 spiro atoms. The molecule has 3 rings (SSSR count). The molecule has 1 aromatic rings. The van der Waals surface area contributed by atoms with Gasteiger partial charge in [-0.15, -0.1) is 0 Å². The Bertz CT molecular complexity index is 457. The van der Waals surface area contributed by atoms with Gasteiger partial charge >= 0.3 is 0 Å². The molecule has 2 atom stereocenters. The summed E-state index contributed by atoms with van der Waals surface area (Å²) in [5.74, 6) is 0. The highest BCUT2D eigenvalue weighted by Gasteiger charge is 2.35. The molecule has 0 radical (unpaired) electrons. The van der Waals surface area contributed by atoms with Gasteiger partial charge in [0.05, 0.1) is 0 Å². The first kappa shape index (κ1) is 14.9. The molecular weight excluding hydrogens is 256 g/mol. The van der Waals surface area contributed by atoms with Gasteiger partial charge in [-0.1, -0.05) is 31.5 Å². The molecule has 1 saturated heterocycles. The van der Waals surface area contributed by atoms with E-state index in [4.69, 9.17) is 0 Å². The lowest BCUT2D eigenvalue weighted by Crippen LogP contribution is -2.51. The van der Waals surface area contributed by atoms with Crippen molar-refractivity contribution in [2.75, 3.05) is 24.5 Å². The molecule has 1 N–H and O–H groups in total. The lowest BCUT2D eigenvalue weighted by Gasteiger charge is -2.46. The van der Waals surface area contributed by atoms with Crippen molar-refractivity contribution >= 4 is 5.69 Å². The molecule has 1 aromatic carbocycles. The molecule has 0 aliphatic carbocycles. The van der Waals surface area contributed by atoms with E-state index in [1.807, 2.05) is 0 Å². The number of rotatable bonds is 4. The summed E-state index contributed by atoms with van der Waals surface area (Å²) in [6.07, 6.45) is 7.92. The van der Waals surface area contributed by atoms with Crippen molar-refractivity contribution in [2.24, 2.45) is 5.41 Å². The van der Waals surface area contributed by atoms with E-state index in [1.54, 1.807) is 5.56 Å². The predicted octanol–water partition coefficient (Wildman–Crippen LogP) is 4.00. The maximum absolute atomic E-state index is 3.66. The number of fused-ring (bicyclic) bond motifs is 1. The maximum Gasteiger partial charge on any atom is 0.0401 e. The number of hydrogen-bond donors (Lipinski definition) is 1. The first-order chi connectivity index (χ1) is 10.2. The third-order valence-corrected chi connectivity index (χ3v) is 5.51. The molecule has 116 valence electrons. The molecule has 21 heavy (non-hydrogen) atoms. The molecule has 2 aliphatic rings. The third kappa shape index (κ3) is 3.11. The van der Waals surface area contributed by atoms with Crippen LogP contribution in [-0.2, 0) is 6.42 Å². The summed E-state index contributed by atoms with van der Waals surface area (Å²) in [5, 5.41) is 3.66. The van der Waals surface area contributed by atoms with E-state index in [2.05, 4.69) is 48.3 Å². The van der Waals surface area contributed by atoms with E-state index in [9.17, 15) is 0 Å². The summed E-state index contributed by atoms with van der Waals surface area (Å²) in [7, 11) is 0. The van der Waals surface area contributed by atoms with Crippen LogP contribution in [0.2, 0.25) is 0 Å². The van der Waals surface area contributed by atoms with Gasteiger partial charge in [-0.3, -0.25) is 0 Å². The fraction of sp³-hybridized carbons (Fsp3) is 0.684. The van der Waals surface area contributed by atoms with Gasteiger partial charge < -0.3 is 10.2 Å². The van der Waals surface area contributed by atoms with Gasteiger partial charge in [0.1, 0.15) is 0 Å². The van der Waals surface area contributed by atoms with Gasteiger partial charge in [0.15, 0.2) is 0 Å². The average molecular weight is 286 g/mol. The molecule has 2 unspecified atom stereocenters. The highest BCUT2D eigenvalue weighted by Crippen LogP contribution is 2.38. The topological polar surface area (TPSA) is 15.3 Å². The first-order valence-electron chi connectivity index (χ1n) is 8.79. The number of hydrogen-bond acceptors (Lipinski definition) is 2. The largest absolute Gasteiger partial charge is 0.368 e. The Morgan fingerprint density at radius 1 is 1.33 bits per heavy atom. The summed E-state index contributed by atoms with van der Waals surface area (Å²) in [4.78, 5) is 2.71. The van der Waals surface area contributed by atoms with Crippen LogP contribution in [0.1, 0.15) is 51.5 Å². The monoisotopic (exact) mass is 286 g/mol. The van der Waals surface area contributed by atoms with E-state index < -0.39 is 0 Å². The Kier molecular flexibility index (Phi) is 4.54. The van der Waals surface area contributed by atoms with Gasteiger partial charge in [-0.25, -0.2) is 0 Å². The maximum atomic E-state index is 3.66. The van der Waals surface area contributed by atoms with Crippen molar-refractivity contribution in [1.82, 2.24) is 5.32 Å². The van der Waals surface area contributed by atoms with Crippen LogP contribution >= 0.6 is 0 Å². The quantitative estimate of drug-likeness (QED) is 0.900. The zero-order valence-corrected chi connectivity index (χ0v) is 13.7. The molecule has 2 nitrogen and oxygen atoms in total. The lowest BCUT2D eigenvalue weighted by atomic mass is 9.75. The highest BCUT2D eigenvalue weighted by atomic mass is 15.2. The van der Waals surface area contributed by atoms with Crippen LogP contribution in [0.15, 0.2) is 24.3 Å². The second-order valence-electron chi connectivity index (χ2n) is 7.17. The van der Waals surface area contributed by atoms with Gasteiger partial charge in [0.25, 0.3) is 0 Å². The smallest absolute Gasteiger partial charge is 0.0401 e. The molecule has 0 saturated carbocycles. The zero-order valence-electron chi connectivity index (χ0n) is 13.7. The van der Waals surface area contributed by atoms with E-state index in [-0.39, 0.29) is 0 Å². The Balaban J connectivity index is 1.84. The van der Waals surface area contributed by atoms with Crippen LogP contribution in [0.25, 0.3) is 0 Å². The summed E-state index contributed by atoms with van der Waals surface area (Å²) >= 11 is 0. The van der Waals surface area contributed by atoms with Crippen LogP contribution in [0.4, 0.5) is 5.69 Å². The predicted molar refractivity (Wildman–Crippen MR) is 91.0 cm³/mol. The molecule has 0 aromatic heterocycles. The summed E-state index contributed by atoms with van der Waals surface area (Å²) in [6.45, 7) is 8.38. The number of piperidine rings is 1. The van der Waals surface area contributed by atoms with Crippen LogP contribution in [0.3, 0.4) is 0 Å². The van der Waals surface area contributed by atoms with Crippen molar-refractivity contribution in [3.05, 3.63) is 29.8 Å². The van der Waals surface area contributed by atoms with Crippen molar-refractivity contribution in [3.63, 3.8) is 0 Å². The number of nitrogens with zero attached hydrogens (tertiary/aromatic N) is 1. The fourth-order valence-corrected chi connectivity index (χ4v) is 4.35. The van der Waals surface area contributed by atoms with Crippen LogP contribution < -0.4 is 10.2 Å². The summed E-state index contributed by atoms with van der Waals surface area (Å²) in [5.41, 5.74) is 3.52. The van der Waals surface area contributed by atoms with Crippen molar-refractivity contribution in [1.29, 1.82) is 0 Å². The van der Waals surface area contributed by atoms with Crippen molar-refractivity contribution < 1.29 is 0 Å². The fourth-order valence-electron chi connectivity index (χ4n) is 4.35. The van der Waals surface area contributed by atoms with Crippen LogP contribution in [0.5, 0.6) is 0 Å². The molecule has 1 fully saturated rings. The lowest BCUT2D eigenvalue weighted by molar-refractivity contribution is 0.189. The van der Waals surface area contributed by atoms with Crippen molar-refractivity contribution in [3.8, 4) is 0 Å². The Labute approximate surface area is 129 Å². The average Bonchev–Trinajstić information content (AvgIpc) is 2.51.